The minimum atomic E-state index is -0.800. The maximum absolute atomic E-state index is 12.8. The zero-order valence-corrected chi connectivity index (χ0v) is 43.2. The summed E-state index contributed by atoms with van der Waals surface area (Å²) in [5, 5.41) is 0. The molecule has 0 aromatic heterocycles. The highest BCUT2D eigenvalue weighted by molar-refractivity contribution is 5.71. The van der Waals surface area contributed by atoms with Crippen molar-refractivity contribution in [3.63, 3.8) is 0 Å². The third-order valence-corrected chi connectivity index (χ3v) is 11.6. The second kappa shape index (κ2) is 54.2. The van der Waals surface area contributed by atoms with Gasteiger partial charge in [0.15, 0.2) is 6.10 Å². The number of rotatable bonds is 49. The summed E-state index contributed by atoms with van der Waals surface area (Å²) in [5.41, 5.74) is 0. The molecule has 0 saturated heterocycles. The van der Waals surface area contributed by atoms with Crippen LogP contribution in [0.25, 0.3) is 0 Å². The highest BCUT2D eigenvalue weighted by Crippen LogP contribution is 2.15. The van der Waals surface area contributed by atoms with Gasteiger partial charge in [-0.15, -0.1) is 0 Å². The van der Waals surface area contributed by atoms with Crippen molar-refractivity contribution in [3.05, 3.63) is 85.1 Å². The average molecular weight is 919 g/mol. The van der Waals surface area contributed by atoms with Crippen molar-refractivity contribution < 1.29 is 28.6 Å². The van der Waals surface area contributed by atoms with Gasteiger partial charge in [-0.25, -0.2) is 0 Å². The van der Waals surface area contributed by atoms with Crippen LogP contribution in [0.2, 0.25) is 0 Å². The molecule has 1 atom stereocenters. The number of unbranched alkanes of at least 4 members (excludes halogenated alkanes) is 24. The van der Waals surface area contributed by atoms with Gasteiger partial charge in [0, 0.05) is 19.3 Å². The average Bonchev–Trinajstić information content (AvgIpc) is 3.31. The Morgan fingerprint density at radius 1 is 0.318 bits per heavy atom. The van der Waals surface area contributed by atoms with Crippen LogP contribution in [0.4, 0.5) is 0 Å². The SMILES string of the molecule is CC/C=C\C/C=C\C/C=C\C/C=C\C/C=C\CCCC(=O)OC[C@H](COC(=O)CCCCCCCCCCCCCC)OC(=O)CCCCCCCCCCC/C=C\C/C=C\CCCCC. The van der Waals surface area contributed by atoms with Gasteiger partial charge in [0.1, 0.15) is 13.2 Å². The smallest absolute Gasteiger partial charge is 0.306 e. The first-order valence-corrected chi connectivity index (χ1v) is 27.6. The van der Waals surface area contributed by atoms with Crippen LogP contribution in [0.1, 0.15) is 258 Å². The number of hydrogen-bond donors (Lipinski definition) is 0. The summed E-state index contributed by atoms with van der Waals surface area (Å²) < 4.78 is 16.8. The normalized spacial score (nSPS) is 12.7. The van der Waals surface area contributed by atoms with E-state index in [0.717, 1.165) is 83.5 Å². The number of esters is 3. The zero-order chi connectivity index (χ0) is 47.9. The quantitative estimate of drug-likeness (QED) is 0.0262. The summed E-state index contributed by atoms with van der Waals surface area (Å²) in [6.07, 6.45) is 70.0. The highest BCUT2D eigenvalue weighted by atomic mass is 16.6. The number of hydrogen-bond acceptors (Lipinski definition) is 6. The third-order valence-electron chi connectivity index (χ3n) is 11.6. The molecular formula is C60H102O6. The molecule has 0 amide bonds. The first-order valence-electron chi connectivity index (χ1n) is 27.6. The highest BCUT2D eigenvalue weighted by Gasteiger charge is 2.19. The van der Waals surface area contributed by atoms with Gasteiger partial charge in [-0.3, -0.25) is 14.4 Å². The molecule has 0 aromatic rings. The van der Waals surface area contributed by atoms with Crippen molar-refractivity contribution in [2.45, 2.75) is 264 Å². The minimum Gasteiger partial charge on any atom is -0.462 e. The summed E-state index contributed by atoms with van der Waals surface area (Å²) in [7, 11) is 0. The van der Waals surface area contributed by atoms with Crippen molar-refractivity contribution in [1.29, 1.82) is 0 Å². The fourth-order valence-electron chi connectivity index (χ4n) is 7.51. The van der Waals surface area contributed by atoms with Crippen LogP contribution in [0, 0.1) is 0 Å². The van der Waals surface area contributed by atoms with Gasteiger partial charge in [0.2, 0.25) is 0 Å². The van der Waals surface area contributed by atoms with E-state index in [2.05, 4.69) is 106 Å². The summed E-state index contributed by atoms with van der Waals surface area (Å²) >= 11 is 0. The van der Waals surface area contributed by atoms with Crippen molar-refractivity contribution in [2.24, 2.45) is 0 Å². The van der Waals surface area contributed by atoms with E-state index in [1.165, 1.54) is 128 Å². The summed E-state index contributed by atoms with van der Waals surface area (Å²) in [5.74, 6) is -0.956. The molecule has 378 valence electrons. The van der Waals surface area contributed by atoms with E-state index >= 15 is 0 Å². The molecule has 0 radical (unpaired) electrons. The van der Waals surface area contributed by atoms with Gasteiger partial charge in [-0.2, -0.15) is 0 Å². The van der Waals surface area contributed by atoms with E-state index in [-0.39, 0.29) is 37.5 Å². The molecule has 0 saturated carbocycles. The van der Waals surface area contributed by atoms with Gasteiger partial charge < -0.3 is 14.2 Å². The van der Waals surface area contributed by atoms with E-state index in [1.54, 1.807) is 0 Å². The molecule has 0 unspecified atom stereocenters. The topological polar surface area (TPSA) is 78.9 Å². The molecule has 0 heterocycles. The van der Waals surface area contributed by atoms with Crippen LogP contribution in [-0.2, 0) is 28.6 Å². The molecule has 0 fully saturated rings. The molecule has 0 aliphatic carbocycles. The fraction of sp³-hybridized carbons (Fsp3) is 0.717. The number of carbonyl (C=O) groups excluding carboxylic acids is 3. The molecule has 66 heavy (non-hydrogen) atoms. The number of ether oxygens (including phenoxy) is 3. The van der Waals surface area contributed by atoms with Crippen molar-refractivity contribution in [1.82, 2.24) is 0 Å². The maximum atomic E-state index is 12.8. The Morgan fingerprint density at radius 2 is 0.606 bits per heavy atom. The lowest BCUT2D eigenvalue weighted by Gasteiger charge is -2.18. The molecular weight excluding hydrogens is 817 g/mol. The Hall–Kier alpha value is -3.41. The van der Waals surface area contributed by atoms with Crippen LogP contribution in [0.5, 0.6) is 0 Å². The van der Waals surface area contributed by atoms with Crippen LogP contribution in [0.15, 0.2) is 85.1 Å². The van der Waals surface area contributed by atoms with Gasteiger partial charge in [-0.05, 0) is 89.9 Å². The lowest BCUT2D eigenvalue weighted by Crippen LogP contribution is -2.30. The molecule has 0 bridgehead atoms. The largest absolute Gasteiger partial charge is 0.462 e. The van der Waals surface area contributed by atoms with E-state index < -0.39 is 6.10 Å². The first kappa shape index (κ1) is 62.6. The Kier molecular flexibility index (Phi) is 51.4. The summed E-state index contributed by atoms with van der Waals surface area (Å²) in [4.78, 5) is 38.1. The van der Waals surface area contributed by atoms with Gasteiger partial charge >= 0.3 is 17.9 Å². The zero-order valence-electron chi connectivity index (χ0n) is 43.2. The van der Waals surface area contributed by atoms with Crippen molar-refractivity contribution in [2.75, 3.05) is 13.2 Å². The Labute approximate surface area is 407 Å². The number of allylic oxidation sites excluding steroid dienone is 14. The monoisotopic (exact) mass is 919 g/mol. The standard InChI is InChI=1S/C60H102O6/c1-4-7-10-13-16-19-22-25-27-29-30-32-34-36-39-42-45-48-51-54-60(63)66-57(55-64-58(61)52-49-46-43-40-37-24-21-18-15-12-9-6-3)56-65-59(62)53-50-47-44-41-38-35-33-31-28-26-23-20-17-14-11-8-5-2/h8,11,16-17,19-20,25-28,33,35,41,44,57H,4-7,9-10,12-15,18,21-24,29-32,34,36-40,42-43,45-56H2,1-3H3/b11-8-,19-16-,20-17-,27-25-,28-26-,35-33-,44-41-/t57-/m0/s1. The van der Waals surface area contributed by atoms with Gasteiger partial charge in [-0.1, -0.05) is 234 Å². The van der Waals surface area contributed by atoms with Crippen molar-refractivity contribution >= 4 is 17.9 Å². The predicted octanol–water partition coefficient (Wildman–Crippen LogP) is 18.4. The molecule has 0 spiro atoms. The van der Waals surface area contributed by atoms with E-state index in [4.69, 9.17) is 14.2 Å². The van der Waals surface area contributed by atoms with Crippen LogP contribution in [0.3, 0.4) is 0 Å². The Morgan fingerprint density at radius 3 is 1.02 bits per heavy atom. The second-order valence-corrected chi connectivity index (χ2v) is 18.1. The lowest BCUT2D eigenvalue weighted by atomic mass is 10.0. The van der Waals surface area contributed by atoms with Crippen LogP contribution < -0.4 is 0 Å². The molecule has 0 aromatic carbocycles. The minimum absolute atomic E-state index is 0.0943. The third kappa shape index (κ3) is 51.6. The molecule has 0 aliphatic rings. The van der Waals surface area contributed by atoms with E-state index in [1.807, 2.05) is 0 Å². The fourth-order valence-corrected chi connectivity index (χ4v) is 7.51. The first-order chi connectivity index (χ1) is 32.5. The maximum Gasteiger partial charge on any atom is 0.306 e. The Bertz CT molecular complexity index is 1290. The van der Waals surface area contributed by atoms with Crippen LogP contribution >= 0.6 is 0 Å². The van der Waals surface area contributed by atoms with Crippen LogP contribution in [-0.4, -0.2) is 37.2 Å². The molecule has 0 aliphatic heterocycles. The Balaban J connectivity index is 4.45. The number of carbonyl (C=O) groups is 3. The van der Waals surface area contributed by atoms with Gasteiger partial charge in [0.25, 0.3) is 0 Å². The predicted molar refractivity (Wildman–Crippen MR) is 284 cm³/mol. The molecule has 6 nitrogen and oxygen atoms in total. The summed E-state index contributed by atoms with van der Waals surface area (Å²) in [6, 6.07) is 0. The second-order valence-electron chi connectivity index (χ2n) is 18.1. The summed E-state index contributed by atoms with van der Waals surface area (Å²) in [6.45, 7) is 6.45. The lowest BCUT2D eigenvalue weighted by molar-refractivity contribution is -0.167. The molecule has 0 rings (SSSR count). The van der Waals surface area contributed by atoms with Gasteiger partial charge in [0.05, 0.1) is 0 Å². The molecule has 0 N–H and O–H groups in total. The van der Waals surface area contributed by atoms with E-state index in [0.29, 0.717) is 19.3 Å². The van der Waals surface area contributed by atoms with E-state index in [9.17, 15) is 14.4 Å². The molecule has 6 heteroatoms. The van der Waals surface area contributed by atoms with Crippen molar-refractivity contribution in [3.8, 4) is 0 Å².